The standard InChI is InChI=1S/C27H26N4O3/c28-13-19-5-4-6-20(11-19)14-29-24-9-10-25-22-12-21(16-31(25)27(24)33)15-30(17-22)26(32)18-34-23-7-2-1-3-8-23/h1-11,21-22,29H,12,14-18H2/t21-,22+/m0/s1. The fourth-order valence-electron chi connectivity index (χ4n) is 4.99. The van der Waals surface area contributed by atoms with Crippen molar-refractivity contribution in [3.8, 4) is 11.8 Å². The van der Waals surface area contributed by atoms with E-state index in [1.807, 2.05) is 70.1 Å². The largest absolute Gasteiger partial charge is 0.484 e. The van der Waals surface area contributed by atoms with Crippen molar-refractivity contribution >= 4 is 11.6 Å². The number of anilines is 1. The van der Waals surface area contributed by atoms with Gasteiger partial charge in [0.25, 0.3) is 11.5 Å². The van der Waals surface area contributed by atoms with Gasteiger partial charge in [-0.25, -0.2) is 0 Å². The molecule has 2 aliphatic heterocycles. The average Bonchev–Trinajstić information content (AvgIpc) is 2.88. The number of pyridine rings is 1. The van der Waals surface area contributed by atoms with Crippen LogP contribution in [0.3, 0.4) is 0 Å². The predicted octanol–water partition coefficient (Wildman–Crippen LogP) is 3.36. The number of para-hydroxylation sites is 1. The number of ether oxygens (including phenoxy) is 1. The van der Waals surface area contributed by atoms with Crippen molar-refractivity contribution in [2.45, 2.75) is 25.4 Å². The topological polar surface area (TPSA) is 87.4 Å². The summed E-state index contributed by atoms with van der Waals surface area (Å²) in [6.07, 6.45) is 0.983. The number of hydrogen-bond acceptors (Lipinski definition) is 5. The number of aromatic nitrogens is 1. The third-order valence-corrected chi connectivity index (χ3v) is 6.60. The number of benzene rings is 2. The lowest BCUT2D eigenvalue weighted by atomic mass is 9.83. The monoisotopic (exact) mass is 454 g/mol. The Bertz CT molecular complexity index is 1300. The molecule has 2 aromatic carbocycles. The molecule has 1 saturated heterocycles. The number of likely N-dealkylation sites (tertiary alicyclic amines) is 1. The van der Waals surface area contributed by atoms with Crippen molar-refractivity contribution in [2.24, 2.45) is 5.92 Å². The van der Waals surface area contributed by atoms with Crippen LogP contribution in [0.25, 0.3) is 0 Å². The predicted molar refractivity (Wildman–Crippen MR) is 129 cm³/mol. The highest BCUT2D eigenvalue weighted by Gasteiger charge is 2.36. The van der Waals surface area contributed by atoms with Crippen LogP contribution < -0.4 is 15.6 Å². The molecule has 0 radical (unpaired) electrons. The lowest BCUT2D eigenvalue weighted by Gasteiger charge is -2.42. The molecular formula is C27H26N4O3. The minimum atomic E-state index is -0.0316. The summed E-state index contributed by atoms with van der Waals surface area (Å²) in [6, 6.07) is 22.7. The number of nitrogens with one attached hydrogen (secondary N) is 1. The molecule has 0 saturated carbocycles. The van der Waals surface area contributed by atoms with Crippen molar-refractivity contribution < 1.29 is 9.53 Å². The van der Waals surface area contributed by atoms with Crippen molar-refractivity contribution in [3.05, 3.63) is 93.9 Å². The zero-order valence-electron chi connectivity index (χ0n) is 18.8. The van der Waals surface area contributed by atoms with E-state index < -0.39 is 0 Å². The summed E-state index contributed by atoms with van der Waals surface area (Å²) in [6.45, 7) is 2.33. The second-order valence-corrected chi connectivity index (χ2v) is 8.95. The van der Waals surface area contributed by atoms with Crippen LogP contribution in [0.1, 0.15) is 29.2 Å². The number of carbonyl (C=O) groups excluding carboxylic acids is 1. The van der Waals surface area contributed by atoms with E-state index >= 15 is 0 Å². The Morgan fingerprint density at radius 3 is 2.74 bits per heavy atom. The van der Waals surface area contributed by atoms with Gasteiger partial charge in [-0.3, -0.25) is 9.59 Å². The molecule has 2 aliphatic rings. The molecule has 1 N–H and O–H groups in total. The van der Waals surface area contributed by atoms with Gasteiger partial charge in [0.2, 0.25) is 0 Å². The number of hydrogen-bond donors (Lipinski definition) is 1. The molecule has 1 aromatic heterocycles. The summed E-state index contributed by atoms with van der Waals surface area (Å²) in [5.74, 6) is 1.05. The summed E-state index contributed by atoms with van der Waals surface area (Å²) in [4.78, 5) is 27.9. The highest BCUT2D eigenvalue weighted by Crippen LogP contribution is 2.35. The zero-order valence-corrected chi connectivity index (χ0v) is 18.8. The van der Waals surface area contributed by atoms with Gasteiger partial charge in [-0.15, -0.1) is 0 Å². The van der Waals surface area contributed by atoms with Crippen LogP contribution in [-0.4, -0.2) is 35.1 Å². The molecule has 3 heterocycles. The highest BCUT2D eigenvalue weighted by molar-refractivity contribution is 5.78. The number of carbonyl (C=O) groups is 1. The number of piperidine rings is 1. The van der Waals surface area contributed by atoms with Crippen molar-refractivity contribution in [3.63, 3.8) is 0 Å². The van der Waals surface area contributed by atoms with E-state index in [0.717, 1.165) is 17.7 Å². The Morgan fingerprint density at radius 2 is 1.91 bits per heavy atom. The van der Waals surface area contributed by atoms with Crippen molar-refractivity contribution in [1.82, 2.24) is 9.47 Å². The van der Waals surface area contributed by atoms with Crippen molar-refractivity contribution in [2.75, 3.05) is 25.0 Å². The van der Waals surface area contributed by atoms with Crippen LogP contribution in [0.2, 0.25) is 0 Å². The third-order valence-electron chi connectivity index (χ3n) is 6.60. The molecule has 7 heteroatoms. The van der Waals surface area contributed by atoms with E-state index in [1.54, 1.807) is 6.07 Å². The van der Waals surface area contributed by atoms with Crippen LogP contribution >= 0.6 is 0 Å². The van der Waals surface area contributed by atoms with Gasteiger partial charge in [0.15, 0.2) is 6.61 Å². The van der Waals surface area contributed by atoms with Crippen LogP contribution in [0.15, 0.2) is 71.5 Å². The van der Waals surface area contributed by atoms with Gasteiger partial charge < -0.3 is 19.5 Å². The van der Waals surface area contributed by atoms with E-state index in [4.69, 9.17) is 10.00 Å². The molecule has 7 nitrogen and oxygen atoms in total. The molecule has 1 fully saturated rings. The molecule has 0 unspecified atom stereocenters. The lowest BCUT2D eigenvalue weighted by Crippen LogP contribution is -2.50. The first-order chi connectivity index (χ1) is 16.6. The molecule has 3 aromatic rings. The van der Waals surface area contributed by atoms with E-state index in [0.29, 0.717) is 43.2 Å². The average molecular weight is 455 g/mol. The first-order valence-electron chi connectivity index (χ1n) is 11.5. The zero-order chi connectivity index (χ0) is 23.5. The molecule has 0 spiro atoms. The van der Waals surface area contributed by atoms with Gasteiger partial charge in [0.1, 0.15) is 11.4 Å². The molecule has 5 rings (SSSR count). The van der Waals surface area contributed by atoms with Gasteiger partial charge in [-0.2, -0.15) is 5.26 Å². The number of rotatable bonds is 6. The minimum absolute atomic E-state index is 0.0200. The Hall–Kier alpha value is -4.05. The van der Waals surface area contributed by atoms with Crippen LogP contribution in [0.4, 0.5) is 5.69 Å². The van der Waals surface area contributed by atoms with Crippen LogP contribution in [-0.2, 0) is 17.9 Å². The quantitative estimate of drug-likeness (QED) is 0.617. The highest BCUT2D eigenvalue weighted by atomic mass is 16.5. The first-order valence-corrected chi connectivity index (χ1v) is 11.5. The Kier molecular flexibility index (Phi) is 6.05. The smallest absolute Gasteiger partial charge is 0.274 e. The molecule has 34 heavy (non-hydrogen) atoms. The van der Waals surface area contributed by atoms with Crippen molar-refractivity contribution in [1.29, 1.82) is 5.26 Å². The molecule has 2 bridgehead atoms. The summed E-state index contributed by atoms with van der Waals surface area (Å²) >= 11 is 0. The van der Waals surface area contributed by atoms with Gasteiger partial charge in [0.05, 0.1) is 11.6 Å². The maximum atomic E-state index is 13.2. The van der Waals surface area contributed by atoms with E-state index in [2.05, 4.69) is 11.4 Å². The summed E-state index contributed by atoms with van der Waals surface area (Å²) in [5.41, 5.74) is 3.05. The lowest BCUT2D eigenvalue weighted by molar-refractivity contribution is -0.136. The van der Waals surface area contributed by atoms with E-state index in [1.165, 1.54) is 0 Å². The Labute approximate surface area is 198 Å². The fourth-order valence-corrected chi connectivity index (χ4v) is 4.99. The maximum Gasteiger partial charge on any atom is 0.274 e. The second-order valence-electron chi connectivity index (χ2n) is 8.95. The minimum Gasteiger partial charge on any atom is -0.484 e. The van der Waals surface area contributed by atoms with E-state index in [9.17, 15) is 9.59 Å². The summed E-state index contributed by atoms with van der Waals surface area (Å²) in [7, 11) is 0. The normalized spacial score (nSPS) is 18.5. The molecule has 0 aliphatic carbocycles. The van der Waals surface area contributed by atoms with Gasteiger partial charge in [-0.1, -0.05) is 30.3 Å². The SMILES string of the molecule is N#Cc1cccc(CNc2ccc3n(c2=O)C[C@H]2C[C@@H]3CN(C(=O)COc3ccccc3)C2)c1. The summed E-state index contributed by atoms with van der Waals surface area (Å²) < 4.78 is 7.52. The number of nitrogens with zero attached hydrogens (tertiary/aromatic N) is 3. The first kappa shape index (κ1) is 21.8. The molecule has 1 amide bonds. The molecule has 2 atom stereocenters. The van der Waals surface area contributed by atoms with Gasteiger partial charge in [-0.05, 0) is 54.3 Å². The fraction of sp³-hybridized carbons (Fsp3) is 0.296. The number of fused-ring (bicyclic) bond motifs is 4. The Balaban J connectivity index is 1.26. The maximum absolute atomic E-state index is 13.2. The van der Waals surface area contributed by atoms with Gasteiger partial charge in [0, 0.05) is 37.8 Å². The molecular weight excluding hydrogens is 428 g/mol. The number of amides is 1. The Morgan fingerprint density at radius 1 is 1.06 bits per heavy atom. The van der Waals surface area contributed by atoms with Gasteiger partial charge >= 0.3 is 0 Å². The third kappa shape index (κ3) is 4.53. The van der Waals surface area contributed by atoms with Crippen LogP contribution in [0.5, 0.6) is 5.75 Å². The summed E-state index contributed by atoms with van der Waals surface area (Å²) in [5, 5.41) is 12.3. The molecule has 172 valence electrons. The van der Waals surface area contributed by atoms with Crippen LogP contribution in [0, 0.1) is 17.2 Å². The number of nitriles is 1. The van der Waals surface area contributed by atoms with E-state index in [-0.39, 0.29) is 29.9 Å². The second kappa shape index (κ2) is 9.44.